The van der Waals surface area contributed by atoms with E-state index in [1.807, 2.05) is 24.3 Å². The van der Waals surface area contributed by atoms with Crippen molar-refractivity contribution in [1.82, 2.24) is 14.8 Å². The van der Waals surface area contributed by atoms with Crippen LogP contribution in [-0.2, 0) is 11.3 Å². The van der Waals surface area contributed by atoms with Gasteiger partial charge in [-0.05, 0) is 42.3 Å². The number of likely N-dealkylation sites (tertiary alicyclic amines) is 1. The molecule has 1 aliphatic rings. The number of nitrogen functional groups attached to an aromatic ring is 1. The molecule has 0 bridgehead atoms. The summed E-state index contributed by atoms with van der Waals surface area (Å²) in [4.78, 5) is 30.9. The molecule has 7 nitrogen and oxygen atoms in total. The minimum atomic E-state index is -1.11. The van der Waals surface area contributed by atoms with Gasteiger partial charge in [-0.25, -0.2) is 9.78 Å². The van der Waals surface area contributed by atoms with Crippen LogP contribution in [0.4, 0.5) is 10.6 Å². The molecule has 1 aromatic carbocycles. The van der Waals surface area contributed by atoms with Crippen LogP contribution in [0.25, 0.3) is 10.8 Å². The number of anilines is 1. The number of benzene rings is 1. The molecule has 0 spiro atoms. The molecule has 0 radical (unpaired) electrons. The molecule has 0 saturated carbocycles. The molecular weight excluding hydrogens is 320 g/mol. The average Bonchev–Trinajstić information content (AvgIpc) is 2.62. The molecule has 3 N–H and O–H groups in total. The van der Waals surface area contributed by atoms with Crippen LogP contribution >= 0.6 is 0 Å². The molecule has 1 aromatic heterocycles. The minimum absolute atomic E-state index is 0.129. The first-order chi connectivity index (χ1) is 12.0. The van der Waals surface area contributed by atoms with Gasteiger partial charge in [-0.3, -0.25) is 9.69 Å². The lowest BCUT2D eigenvalue weighted by Gasteiger charge is -2.29. The van der Waals surface area contributed by atoms with E-state index in [0.29, 0.717) is 18.9 Å². The molecule has 1 aliphatic heterocycles. The molecule has 0 atom stereocenters. The summed E-state index contributed by atoms with van der Waals surface area (Å²) < 4.78 is 0. The Morgan fingerprint density at radius 3 is 2.68 bits per heavy atom. The molecule has 2 aromatic rings. The summed E-state index contributed by atoms with van der Waals surface area (Å²) in [7, 11) is 0. The van der Waals surface area contributed by atoms with E-state index in [9.17, 15) is 14.7 Å². The number of nitrogens with zero attached hydrogens (tertiary/aromatic N) is 3. The second-order valence-electron chi connectivity index (χ2n) is 6.33. The smallest absolute Gasteiger partial charge is 0.408 e. The minimum Gasteiger partial charge on any atom is -0.465 e. The van der Waals surface area contributed by atoms with Crippen LogP contribution in [0.2, 0.25) is 0 Å². The van der Waals surface area contributed by atoms with E-state index in [1.165, 1.54) is 0 Å². The van der Waals surface area contributed by atoms with Gasteiger partial charge in [-0.15, -0.1) is 0 Å². The van der Waals surface area contributed by atoms with E-state index >= 15 is 0 Å². The molecule has 2 heterocycles. The maximum Gasteiger partial charge on any atom is 0.408 e. The fourth-order valence-electron chi connectivity index (χ4n) is 3.15. The first kappa shape index (κ1) is 17.0. The second kappa shape index (κ2) is 7.38. The first-order valence-electron chi connectivity index (χ1n) is 8.43. The van der Waals surface area contributed by atoms with Crippen LogP contribution in [0.5, 0.6) is 0 Å². The lowest BCUT2D eigenvalue weighted by Crippen LogP contribution is -2.44. The van der Waals surface area contributed by atoms with E-state index in [1.54, 1.807) is 11.1 Å². The molecule has 25 heavy (non-hydrogen) atoms. The maximum atomic E-state index is 12.4. The van der Waals surface area contributed by atoms with Crippen molar-refractivity contribution in [1.29, 1.82) is 0 Å². The van der Waals surface area contributed by atoms with Gasteiger partial charge in [0, 0.05) is 31.2 Å². The summed E-state index contributed by atoms with van der Waals surface area (Å²) in [5.74, 6) is 0.273. The van der Waals surface area contributed by atoms with Crippen LogP contribution in [0.3, 0.4) is 0 Å². The normalized spacial score (nSPS) is 14.5. The number of pyridine rings is 1. The first-order valence-corrected chi connectivity index (χ1v) is 8.43. The largest absolute Gasteiger partial charge is 0.465 e. The van der Waals surface area contributed by atoms with Gasteiger partial charge in [0.1, 0.15) is 12.4 Å². The predicted molar refractivity (Wildman–Crippen MR) is 95.0 cm³/mol. The zero-order chi connectivity index (χ0) is 17.8. The molecule has 2 amide bonds. The molecule has 132 valence electrons. The molecule has 0 aliphatic carbocycles. The van der Waals surface area contributed by atoms with E-state index in [0.717, 1.165) is 40.5 Å². The topological polar surface area (TPSA) is 99.8 Å². The van der Waals surface area contributed by atoms with E-state index in [4.69, 9.17) is 5.73 Å². The van der Waals surface area contributed by atoms with Crippen molar-refractivity contribution in [3.05, 3.63) is 36.0 Å². The Labute approximate surface area is 146 Å². The van der Waals surface area contributed by atoms with Crippen molar-refractivity contribution in [3.63, 3.8) is 0 Å². The zero-order valence-electron chi connectivity index (χ0n) is 14.0. The van der Waals surface area contributed by atoms with Crippen molar-refractivity contribution in [3.8, 4) is 0 Å². The monoisotopic (exact) mass is 342 g/mol. The number of piperidine rings is 1. The predicted octanol–water partition coefficient (Wildman–Crippen LogP) is 2.31. The van der Waals surface area contributed by atoms with Gasteiger partial charge in [-0.2, -0.15) is 0 Å². The number of carbonyl (C=O) groups is 2. The highest BCUT2D eigenvalue weighted by Crippen LogP contribution is 2.21. The van der Waals surface area contributed by atoms with Gasteiger partial charge in [0.05, 0.1) is 0 Å². The quantitative estimate of drug-likeness (QED) is 0.888. The third-order valence-corrected chi connectivity index (χ3v) is 4.54. The lowest BCUT2D eigenvalue weighted by atomic mass is 10.1. The van der Waals surface area contributed by atoms with Gasteiger partial charge >= 0.3 is 6.09 Å². The number of amides is 2. The third kappa shape index (κ3) is 3.99. The van der Waals surface area contributed by atoms with Crippen molar-refractivity contribution >= 4 is 28.6 Å². The molecular formula is C18H22N4O3. The zero-order valence-corrected chi connectivity index (χ0v) is 14.0. The third-order valence-electron chi connectivity index (χ3n) is 4.54. The molecule has 7 heteroatoms. The molecule has 1 fully saturated rings. The van der Waals surface area contributed by atoms with Crippen molar-refractivity contribution in [2.75, 3.05) is 25.4 Å². The lowest BCUT2D eigenvalue weighted by molar-refractivity contribution is -0.133. The summed E-state index contributed by atoms with van der Waals surface area (Å²) in [5, 5.41) is 11.2. The molecule has 0 unspecified atom stereocenters. The van der Waals surface area contributed by atoms with E-state index in [-0.39, 0.29) is 19.0 Å². The van der Waals surface area contributed by atoms with Gasteiger partial charge in [0.25, 0.3) is 0 Å². The molecule has 1 saturated heterocycles. The van der Waals surface area contributed by atoms with Crippen molar-refractivity contribution in [2.45, 2.75) is 25.8 Å². The van der Waals surface area contributed by atoms with Gasteiger partial charge < -0.3 is 15.7 Å². The van der Waals surface area contributed by atoms with Gasteiger partial charge in [-0.1, -0.05) is 12.1 Å². The summed E-state index contributed by atoms with van der Waals surface area (Å²) in [6, 6.07) is 7.42. The van der Waals surface area contributed by atoms with Crippen LogP contribution in [0.15, 0.2) is 30.5 Å². The molecule has 3 rings (SSSR count). The summed E-state index contributed by atoms with van der Waals surface area (Å²) in [5.41, 5.74) is 6.67. The van der Waals surface area contributed by atoms with Crippen LogP contribution in [0, 0.1) is 0 Å². The van der Waals surface area contributed by atoms with Gasteiger partial charge in [0.15, 0.2) is 0 Å². The number of carbonyl (C=O) groups excluding carboxylic acids is 1. The summed E-state index contributed by atoms with van der Waals surface area (Å²) in [6.45, 7) is 1.43. The Morgan fingerprint density at radius 2 is 1.96 bits per heavy atom. The number of carboxylic acid groups (broad SMARTS) is 1. The highest BCUT2D eigenvalue weighted by Gasteiger charge is 2.22. The van der Waals surface area contributed by atoms with Crippen LogP contribution in [0.1, 0.15) is 24.8 Å². The fourth-order valence-corrected chi connectivity index (χ4v) is 3.15. The van der Waals surface area contributed by atoms with Crippen LogP contribution in [-0.4, -0.2) is 51.5 Å². The number of rotatable bonds is 4. The SMILES string of the molecule is Nc1nccc2ccc(CN(CC(=O)N3CCCCC3)C(=O)O)cc12. The van der Waals surface area contributed by atoms with E-state index in [2.05, 4.69) is 4.98 Å². The number of hydrogen-bond donors (Lipinski definition) is 2. The maximum absolute atomic E-state index is 12.4. The Kier molecular flexibility index (Phi) is 5.02. The average molecular weight is 342 g/mol. The second-order valence-corrected chi connectivity index (χ2v) is 6.33. The highest BCUT2D eigenvalue weighted by atomic mass is 16.4. The van der Waals surface area contributed by atoms with Crippen molar-refractivity contribution in [2.24, 2.45) is 0 Å². The summed E-state index contributed by atoms with van der Waals surface area (Å²) in [6.07, 6.45) is 3.62. The summed E-state index contributed by atoms with van der Waals surface area (Å²) >= 11 is 0. The van der Waals surface area contributed by atoms with Crippen molar-refractivity contribution < 1.29 is 14.7 Å². The van der Waals surface area contributed by atoms with Crippen LogP contribution < -0.4 is 5.73 Å². The van der Waals surface area contributed by atoms with Gasteiger partial charge in [0.2, 0.25) is 5.91 Å². The Balaban J connectivity index is 1.74. The Morgan fingerprint density at radius 1 is 1.20 bits per heavy atom. The number of hydrogen-bond acceptors (Lipinski definition) is 4. The standard InChI is InChI=1S/C18H22N4O3/c19-17-15-10-13(4-5-14(15)6-7-20-17)11-22(18(24)25)12-16(23)21-8-2-1-3-9-21/h4-7,10H,1-3,8-9,11-12H2,(H2,19,20)(H,24,25). The van der Waals surface area contributed by atoms with E-state index < -0.39 is 6.09 Å². The number of aromatic nitrogens is 1. The Hall–Kier alpha value is -2.83. The number of fused-ring (bicyclic) bond motifs is 1. The Bertz CT molecular complexity index is 787. The number of nitrogens with two attached hydrogens (primary N) is 1. The fraction of sp³-hybridized carbons (Fsp3) is 0.389. The highest BCUT2D eigenvalue weighted by molar-refractivity contribution is 5.91.